The van der Waals surface area contributed by atoms with Crippen LogP contribution < -0.4 is 9.47 Å². The summed E-state index contributed by atoms with van der Waals surface area (Å²) in [5.41, 5.74) is 3.12. The largest absolute Gasteiger partial charge is 0.490 e. The second-order valence-electron chi connectivity index (χ2n) is 8.86. The predicted molar refractivity (Wildman–Crippen MR) is 166 cm³/mol. The lowest BCUT2D eigenvalue weighted by Crippen LogP contribution is -2.28. The number of amides is 1. The molecule has 3 aromatic rings. The number of benzene rings is 3. The maximum Gasteiger partial charge on any atom is 0.335 e. The van der Waals surface area contributed by atoms with Crippen molar-refractivity contribution in [2.45, 2.75) is 26.9 Å². The summed E-state index contributed by atoms with van der Waals surface area (Å²) in [6, 6.07) is 15.2. The van der Waals surface area contributed by atoms with Crippen molar-refractivity contribution in [3.05, 3.63) is 104 Å². The van der Waals surface area contributed by atoms with E-state index in [1.54, 1.807) is 41.3 Å². The summed E-state index contributed by atoms with van der Waals surface area (Å²) < 4.78 is 12.2. The molecule has 0 bridgehead atoms. The number of halogens is 2. The van der Waals surface area contributed by atoms with Gasteiger partial charge in [0, 0.05) is 27.7 Å². The molecule has 0 aromatic heterocycles. The number of carbonyl (C=O) groups is 2. The van der Waals surface area contributed by atoms with E-state index in [2.05, 4.69) is 11.6 Å². The monoisotopic (exact) mass is 610 g/mol. The van der Waals surface area contributed by atoms with Gasteiger partial charge in [-0.05, 0) is 92.2 Å². The molecule has 41 heavy (non-hydrogen) atoms. The zero-order chi connectivity index (χ0) is 29.5. The Balaban J connectivity index is 1.66. The average molecular weight is 612 g/mol. The van der Waals surface area contributed by atoms with Crippen LogP contribution in [0, 0.1) is 0 Å². The van der Waals surface area contributed by atoms with E-state index >= 15 is 0 Å². The van der Waals surface area contributed by atoms with E-state index in [0.29, 0.717) is 56.9 Å². The lowest BCUT2D eigenvalue weighted by atomic mass is 10.0. The van der Waals surface area contributed by atoms with Crippen LogP contribution in [0.25, 0.3) is 6.08 Å². The third-order valence-corrected chi connectivity index (χ3v) is 7.64. The Bertz CT molecular complexity index is 1540. The molecule has 4 rings (SSSR count). The molecular formula is C31H28Cl2N2O5S. The summed E-state index contributed by atoms with van der Waals surface area (Å²) in [6.07, 6.45) is 4.10. The van der Waals surface area contributed by atoms with E-state index in [1.165, 1.54) is 23.9 Å². The SMILES string of the molecule is C=CCc1cc(/C=C2/SC(=Nc3ccc(C(=O)O)cc3)N(CC)C2=O)cc(OCC)c1OCc1ccc(Cl)cc1Cl. The van der Waals surface area contributed by atoms with E-state index in [1.807, 2.05) is 32.0 Å². The van der Waals surface area contributed by atoms with Gasteiger partial charge in [0.1, 0.15) is 6.61 Å². The van der Waals surface area contributed by atoms with E-state index in [-0.39, 0.29) is 18.1 Å². The molecule has 7 nitrogen and oxygen atoms in total. The highest BCUT2D eigenvalue weighted by Gasteiger charge is 2.32. The van der Waals surface area contributed by atoms with Crippen LogP contribution in [-0.2, 0) is 17.8 Å². The number of hydrogen-bond acceptors (Lipinski definition) is 6. The molecule has 0 radical (unpaired) electrons. The van der Waals surface area contributed by atoms with Crippen LogP contribution in [0.5, 0.6) is 11.5 Å². The van der Waals surface area contributed by atoms with Gasteiger partial charge in [-0.2, -0.15) is 0 Å². The van der Waals surface area contributed by atoms with Crippen LogP contribution in [0.3, 0.4) is 0 Å². The van der Waals surface area contributed by atoms with E-state index in [4.69, 9.17) is 37.8 Å². The zero-order valence-electron chi connectivity index (χ0n) is 22.5. The fraction of sp³-hybridized carbons (Fsp3) is 0.194. The summed E-state index contributed by atoms with van der Waals surface area (Å²) in [5.74, 6) is -0.0617. The Morgan fingerprint density at radius 2 is 1.83 bits per heavy atom. The number of aliphatic imine (C=N–C) groups is 1. The number of ether oxygens (including phenoxy) is 2. The number of amidine groups is 1. The number of thioether (sulfide) groups is 1. The quantitative estimate of drug-likeness (QED) is 0.175. The van der Waals surface area contributed by atoms with Crippen molar-refractivity contribution in [2.75, 3.05) is 13.2 Å². The normalized spacial score (nSPS) is 15.0. The molecular weight excluding hydrogens is 583 g/mol. The Hall–Kier alpha value is -3.72. The molecule has 1 fully saturated rings. The van der Waals surface area contributed by atoms with Crippen LogP contribution in [0.1, 0.15) is 40.9 Å². The summed E-state index contributed by atoms with van der Waals surface area (Å²) in [4.78, 5) is 31.1. The maximum absolute atomic E-state index is 13.3. The molecule has 0 spiro atoms. The van der Waals surface area contributed by atoms with Crippen molar-refractivity contribution in [1.82, 2.24) is 4.90 Å². The third kappa shape index (κ3) is 7.33. The number of aromatic carboxylic acids is 1. The van der Waals surface area contributed by atoms with Crippen LogP contribution in [-0.4, -0.2) is 40.2 Å². The molecule has 212 valence electrons. The lowest BCUT2D eigenvalue weighted by molar-refractivity contribution is -0.122. The minimum atomic E-state index is -1.01. The summed E-state index contributed by atoms with van der Waals surface area (Å²) >= 11 is 13.6. The van der Waals surface area contributed by atoms with Crippen molar-refractivity contribution >= 4 is 63.8 Å². The van der Waals surface area contributed by atoms with Gasteiger partial charge in [0.2, 0.25) is 0 Å². The Kier molecular flexibility index (Phi) is 10.2. The van der Waals surface area contributed by atoms with Gasteiger partial charge in [-0.1, -0.05) is 35.3 Å². The molecule has 0 atom stereocenters. The van der Waals surface area contributed by atoms with Gasteiger partial charge in [-0.25, -0.2) is 9.79 Å². The van der Waals surface area contributed by atoms with Gasteiger partial charge in [0.05, 0.1) is 22.8 Å². The molecule has 1 aliphatic heterocycles. The number of hydrogen-bond donors (Lipinski definition) is 1. The smallest absolute Gasteiger partial charge is 0.335 e. The van der Waals surface area contributed by atoms with Crippen LogP contribution in [0.2, 0.25) is 10.0 Å². The first-order valence-corrected chi connectivity index (χ1v) is 14.4. The first-order valence-electron chi connectivity index (χ1n) is 12.8. The van der Waals surface area contributed by atoms with Crippen LogP contribution in [0.15, 0.2) is 77.1 Å². The number of carbonyl (C=O) groups excluding carboxylic acids is 1. The van der Waals surface area contributed by atoms with Crippen molar-refractivity contribution in [1.29, 1.82) is 0 Å². The number of carboxylic acids is 1. The minimum absolute atomic E-state index is 0.167. The second-order valence-corrected chi connectivity index (χ2v) is 10.7. The van der Waals surface area contributed by atoms with Gasteiger partial charge >= 0.3 is 5.97 Å². The van der Waals surface area contributed by atoms with E-state index in [0.717, 1.165) is 16.7 Å². The second kappa shape index (κ2) is 13.8. The maximum atomic E-state index is 13.3. The van der Waals surface area contributed by atoms with Gasteiger partial charge in [-0.15, -0.1) is 6.58 Å². The number of likely N-dealkylation sites (N-methyl/N-ethyl adjacent to an activating group) is 1. The van der Waals surface area contributed by atoms with Crippen LogP contribution >= 0.6 is 35.0 Å². The number of carboxylic acid groups (broad SMARTS) is 1. The molecule has 10 heteroatoms. The third-order valence-electron chi connectivity index (χ3n) is 6.05. The topological polar surface area (TPSA) is 88.4 Å². The highest BCUT2D eigenvalue weighted by atomic mass is 35.5. The lowest BCUT2D eigenvalue weighted by Gasteiger charge is -2.17. The minimum Gasteiger partial charge on any atom is -0.490 e. The molecule has 0 aliphatic carbocycles. The van der Waals surface area contributed by atoms with E-state index in [9.17, 15) is 9.59 Å². The standard InChI is InChI=1S/C31H28Cl2N2O5S/c1-4-7-21-14-19(15-26(39-6-3)28(21)40-18-22-8-11-23(32)17-25(22)33)16-27-29(36)35(5-2)31(41-27)34-24-12-9-20(10-13-24)30(37)38/h4,8-17H,1,5-7,18H2,2-3H3,(H,37,38)/b27-16+,34-31?. The fourth-order valence-corrected chi connectivity index (χ4v) is 5.63. The molecule has 1 saturated heterocycles. The number of allylic oxidation sites excluding steroid dienone is 1. The van der Waals surface area contributed by atoms with Crippen molar-refractivity contribution in [3.8, 4) is 11.5 Å². The summed E-state index contributed by atoms with van der Waals surface area (Å²) in [7, 11) is 0. The Labute approximate surface area is 253 Å². The van der Waals surface area contributed by atoms with E-state index < -0.39 is 5.97 Å². The molecule has 1 N–H and O–H groups in total. The van der Waals surface area contributed by atoms with Crippen molar-refractivity contribution in [3.63, 3.8) is 0 Å². The Morgan fingerprint density at radius 1 is 1.07 bits per heavy atom. The molecule has 3 aromatic carbocycles. The number of nitrogens with zero attached hydrogens (tertiary/aromatic N) is 2. The summed E-state index contributed by atoms with van der Waals surface area (Å²) in [6.45, 7) is 8.71. The molecule has 1 aliphatic rings. The molecule has 1 amide bonds. The van der Waals surface area contributed by atoms with Crippen LogP contribution in [0.4, 0.5) is 5.69 Å². The van der Waals surface area contributed by atoms with Gasteiger partial charge in [0.15, 0.2) is 16.7 Å². The van der Waals surface area contributed by atoms with Crippen molar-refractivity contribution in [2.24, 2.45) is 4.99 Å². The first kappa shape index (κ1) is 30.2. The highest BCUT2D eigenvalue weighted by Crippen LogP contribution is 2.38. The van der Waals surface area contributed by atoms with Gasteiger partial charge in [-0.3, -0.25) is 9.69 Å². The Morgan fingerprint density at radius 3 is 2.46 bits per heavy atom. The fourth-order valence-electron chi connectivity index (χ4n) is 4.10. The number of rotatable bonds is 11. The highest BCUT2D eigenvalue weighted by molar-refractivity contribution is 8.18. The zero-order valence-corrected chi connectivity index (χ0v) is 24.9. The van der Waals surface area contributed by atoms with Gasteiger partial charge in [0.25, 0.3) is 5.91 Å². The molecule has 1 heterocycles. The summed E-state index contributed by atoms with van der Waals surface area (Å²) in [5, 5.41) is 10.7. The molecule has 0 unspecified atom stereocenters. The molecule has 0 saturated carbocycles. The first-order chi connectivity index (χ1) is 19.7. The predicted octanol–water partition coefficient (Wildman–Crippen LogP) is 8.02. The van der Waals surface area contributed by atoms with Gasteiger partial charge < -0.3 is 14.6 Å². The average Bonchev–Trinajstić information content (AvgIpc) is 3.22. The van der Waals surface area contributed by atoms with Crippen molar-refractivity contribution < 1.29 is 24.2 Å².